The van der Waals surface area contributed by atoms with Gasteiger partial charge in [-0.15, -0.1) is 0 Å². The van der Waals surface area contributed by atoms with E-state index in [1.54, 1.807) is 9.80 Å². The molecule has 0 aromatic heterocycles. The van der Waals surface area contributed by atoms with E-state index in [1.165, 1.54) is 0 Å². The summed E-state index contributed by atoms with van der Waals surface area (Å²) in [5.41, 5.74) is 2.02. The summed E-state index contributed by atoms with van der Waals surface area (Å²) in [4.78, 5) is 28.2. The number of rotatable bonds is 4. The summed E-state index contributed by atoms with van der Waals surface area (Å²) < 4.78 is 5.57. The minimum absolute atomic E-state index is 0.0113. The van der Waals surface area contributed by atoms with E-state index in [9.17, 15) is 9.59 Å². The third-order valence-electron chi connectivity index (χ3n) is 4.29. The van der Waals surface area contributed by atoms with Gasteiger partial charge in [-0.25, -0.2) is 0 Å². The molecular weight excluding hydrogens is 316 g/mol. The molecule has 1 aliphatic rings. The lowest BCUT2D eigenvalue weighted by atomic mass is 10.2. The normalized spacial score (nSPS) is 15.0. The molecule has 0 atom stereocenters. The van der Waals surface area contributed by atoms with Crippen molar-refractivity contribution in [3.8, 4) is 5.75 Å². The minimum atomic E-state index is -0.0942. The second kappa shape index (κ2) is 7.83. The first-order chi connectivity index (χ1) is 12.1. The summed E-state index contributed by atoms with van der Waals surface area (Å²) in [6, 6.07) is 17.2. The van der Waals surface area contributed by atoms with Gasteiger partial charge in [0.05, 0.1) is 0 Å². The van der Waals surface area contributed by atoms with Gasteiger partial charge in [-0.2, -0.15) is 0 Å². The Balaban J connectivity index is 1.57. The van der Waals surface area contributed by atoms with E-state index < -0.39 is 0 Å². The molecule has 1 aliphatic heterocycles. The summed E-state index contributed by atoms with van der Waals surface area (Å²) in [7, 11) is 0. The number of para-hydroxylation sites is 1. The Morgan fingerprint density at radius 3 is 2.44 bits per heavy atom. The molecule has 1 saturated heterocycles. The summed E-state index contributed by atoms with van der Waals surface area (Å²) in [5.74, 6) is 0.625. The number of benzene rings is 2. The number of nitrogens with zero attached hydrogens (tertiary/aromatic N) is 2. The van der Waals surface area contributed by atoms with E-state index in [4.69, 9.17) is 4.74 Å². The van der Waals surface area contributed by atoms with Crippen LogP contribution in [0.1, 0.15) is 12.0 Å². The van der Waals surface area contributed by atoms with Gasteiger partial charge in [-0.3, -0.25) is 9.59 Å². The first-order valence-electron chi connectivity index (χ1n) is 8.46. The summed E-state index contributed by atoms with van der Waals surface area (Å²) in [5, 5.41) is 0. The number of hydrogen-bond acceptors (Lipinski definition) is 3. The van der Waals surface area contributed by atoms with Crippen LogP contribution in [0.3, 0.4) is 0 Å². The first-order valence-corrected chi connectivity index (χ1v) is 8.46. The molecule has 5 heteroatoms. The van der Waals surface area contributed by atoms with Crippen LogP contribution in [0.5, 0.6) is 5.75 Å². The quantitative estimate of drug-likeness (QED) is 0.861. The molecule has 0 saturated carbocycles. The number of hydrogen-bond donors (Lipinski definition) is 0. The maximum absolute atomic E-state index is 12.4. The molecule has 0 bridgehead atoms. The summed E-state index contributed by atoms with van der Waals surface area (Å²) in [6.07, 6.45) is 0.325. The highest BCUT2D eigenvalue weighted by molar-refractivity contribution is 5.94. The van der Waals surface area contributed by atoms with E-state index >= 15 is 0 Å². The van der Waals surface area contributed by atoms with Crippen LogP contribution in [0.15, 0.2) is 54.6 Å². The first kappa shape index (κ1) is 17.0. The molecule has 5 nitrogen and oxygen atoms in total. The van der Waals surface area contributed by atoms with E-state index in [2.05, 4.69) is 0 Å². The molecule has 130 valence electrons. The molecule has 0 unspecified atom stereocenters. The van der Waals surface area contributed by atoms with Crippen molar-refractivity contribution in [2.75, 3.05) is 31.1 Å². The van der Waals surface area contributed by atoms with Crippen LogP contribution in [0, 0.1) is 6.92 Å². The maximum Gasteiger partial charge on any atom is 0.260 e. The number of ether oxygens (including phenoxy) is 1. The van der Waals surface area contributed by atoms with Gasteiger partial charge in [-0.05, 0) is 31.2 Å². The molecule has 2 amide bonds. The van der Waals surface area contributed by atoms with Crippen molar-refractivity contribution in [2.45, 2.75) is 13.3 Å². The molecule has 0 radical (unpaired) electrons. The second-order valence-corrected chi connectivity index (χ2v) is 6.11. The molecule has 25 heavy (non-hydrogen) atoms. The van der Waals surface area contributed by atoms with Crippen molar-refractivity contribution >= 4 is 17.5 Å². The van der Waals surface area contributed by atoms with E-state index in [0.29, 0.717) is 31.8 Å². The number of carbonyl (C=O) groups is 2. The van der Waals surface area contributed by atoms with Gasteiger partial charge >= 0.3 is 0 Å². The molecule has 0 aliphatic carbocycles. The lowest BCUT2D eigenvalue weighted by molar-refractivity contribution is -0.133. The van der Waals surface area contributed by atoms with Gasteiger partial charge in [-0.1, -0.05) is 35.9 Å². The smallest absolute Gasteiger partial charge is 0.260 e. The average molecular weight is 338 g/mol. The molecule has 2 aromatic carbocycles. The fourth-order valence-corrected chi connectivity index (χ4v) is 2.82. The Kier molecular flexibility index (Phi) is 5.33. The SMILES string of the molecule is Cc1ccc(OCC(=O)N2CCC(=O)N(c3ccccc3)CC2)cc1. The zero-order chi connectivity index (χ0) is 17.6. The molecule has 3 rings (SSSR count). The van der Waals surface area contributed by atoms with Crippen LogP contribution in [-0.4, -0.2) is 43.0 Å². The molecule has 0 spiro atoms. The molecule has 2 aromatic rings. The highest BCUT2D eigenvalue weighted by Crippen LogP contribution is 2.17. The topological polar surface area (TPSA) is 49.9 Å². The second-order valence-electron chi connectivity index (χ2n) is 6.11. The minimum Gasteiger partial charge on any atom is -0.484 e. The predicted octanol–water partition coefficient (Wildman–Crippen LogP) is 2.64. The fourth-order valence-electron chi connectivity index (χ4n) is 2.82. The van der Waals surface area contributed by atoms with E-state index in [0.717, 1.165) is 11.3 Å². The zero-order valence-corrected chi connectivity index (χ0v) is 14.4. The van der Waals surface area contributed by atoms with Crippen LogP contribution < -0.4 is 9.64 Å². The van der Waals surface area contributed by atoms with Crippen LogP contribution >= 0.6 is 0 Å². The fraction of sp³-hybridized carbons (Fsp3) is 0.300. The van der Waals surface area contributed by atoms with Gasteiger partial charge in [0.2, 0.25) is 5.91 Å². The van der Waals surface area contributed by atoms with Gasteiger partial charge in [0.25, 0.3) is 5.91 Å². The van der Waals surface area contributed by atoms with Crippen molar-refractivity contribution in [3.63, 3.8) is 0 Å². The van der Waals surface area contributed by atoms with E-state index in [1.807, 2.05) is 61.5 Å². The maximum atomic E-state index is 12.4. The number of aryl methyl sites for hydroxylation is 1. The Bertz CT molecular complexity index is 728. The van der Waals surface area contributed by atoms with Crippen molar-refractivity contribution < 1.29 is 14.3 Å². The van der Waals surface area contributed by atoms with Crippen LogP contribution in [-0.2, 0) is 9.59 Å². The lowest BCUT2D eigenvalue weighted by Crippen LogP contribution is -2.38. The Morgan fingerprint density at radius 2 is 1.72 bits per heavy atom. The average Bonchev–Trinajstić information content (AvgIpc) is 2.83. The van der Waals surface area contributed by atoms with Crippen LogP contribution in [0.2, 0.25) is 0 Å². The van der Waals surface area contributed by atoms with E-state index in [-0.39, 0.29) is 18.4 Å². The largest absolute Gasteiger partial charge is 0.484 e. The monoisotopic (exact) mass is 338 g/mol. The molecule has 0 N–H and O–H groups in total. The van der Waals surface area contributed by atoms with Crippen LogP contribution in [0.4, 0.5) is 5.69 Å². The third-order valence-corrected chi connectivity index (χ3v) is 4.29. The summed E-state index contributed by atoms with van der Waals surface area (Å²) in [6.45, 7) is 3.43. The number of amides is 2. The van der Waals surface area contributed by atoms with Gasteiger partial charge in [0, 0.05) is 31.7 Å². The summed E-state index contributed by atoms with van der Waals surface area (Å²) >= 11 is 0. The molecule has 1 heterocycles. The van der Waals surface area contributed by atoms with Gasteiger partial charge in [0.1, 0.15) is 5.75 Å². The highest BCUT2D eigenvalue weighted by atomic mass is 16.5. The van der Waals surface area contributed by atoms with Gasteiger partial charge in [0.15, 0.2) is 6.61 Å². The molecular formula is C20H22N2O3. The Morgan fingerprint density at radius 1 is 1.00 bits per heavy atom. The molecule has 1 fully saturated rings. The van der Waals surface area contributed by atoms with Crippen molar-refractivity contribution in [1.82, 2.24) is 4.90 Å². The van der Waals surface area contributed by atoms with Crippen LogP contribution in [0.25, 0.3) is 0 Å². The Labute approximate surface area is 147 Å². The standard InChI is InChI=1S/C20H22N2O3/c1-16-7-9-18(10-8-16)25-15-20(24)21-12-11-19(23)22(14-13-21)17-5-3-2-4-6-17/h2-10H,11-15H2,1H3. The number of carbonyl (C=O) groups excluding carboxylic acids is 2. The zero-order valence-electron chi connectivity index (χ0n) is 14.4. The number of anilines is 1. The van der Waals surface area contributed by atoms with Crippen molar-refractivity contribution in [1.29, 1.82) is 0 Å². The highest BCUT2D eigenvalue weighted by Gasteiger charge is 2.24. The lowest BCUT2D eigenvalue weighted by Gasteiger charge is -2.22. The third kappa shape index (κ3) is 4.38. The van der Waals surface area contributed by atoms with Gasteiger partial charge < -0.3 is 14.5 Å². The Hall–Kier alpha value is -2.82. The predicted molar refractivity (Wildman–Crippen MR) is 96.7 cm³/mol. The van der Waals surface area contributed by atoms with Crippen molar-refractivity contribution in [2.24, 2.45) is 0 Å². The van der Waals surface area contributed by atoms with Crippen molar-refractivity contribution in [3.05, 3.63) is 60.2 Å².